The highest BCUT2D eigenvalue weighted by molar-refractivity contribution is 7.96. The Kier molecular flexibility index (Phi) is 7.23. The van der Waals surface area contributed by atoms with E-state index < -0.39 is 5.91 Å². The van der Waals surface area contributed by atoms with Gasteiger partial charge in [-0.05, 0) is 37.8 Å². The molecule has 0 unspecified atom stereocenters. The average molecular weight is 468 g/mol. The Hall–Kier alpha value is -3.00. The van der Waals surface area contributed by atoms with Crippen molar-refractivity contribution >= 4 is 34.7 Å². The van der Waals surface area contributed by atoms with Gasteiger partial charge in [-0.15, -0.1) is 0 Å². The summed E-state index contributed by atoms with van der Waals surface area (Å²) in [5.74, 6) is -0.790. The lowest BCUT2D eigenvalue weighted by Gasteiger charge is -2.42. The van der Waals surface area contributed by atoms with Crippen molar-refractivity contribution in [2.45, 2.75) is 25.7 Å². The highest BCUT2D eigenvalue weighted by Crippen LogP contribution is 2.36. The minimum Gasteiger partial charge on any atom is -0.451 e. The number of benzene rings is 1. The summed E-state index contributed by atoms with van der Waals surface area (Å²) < 4.78 is 7.82. The van der Waals surface area contributed by atoms with Crippen molar-refractivity contribution < 1.29 is 14.0 Å². The van der Waals surface area contributed by atoms with Gasteiger partial charge in [0.15, 0.2) is 11.2 Å². The summed E-state index contributed by atoms with van der Waals surface area (Å²) in [6.07, 6.45) is 14.9. The number of para-hydroxylation sites is 1. The molecule has 2 aromatic rings. The van der Waals surface area contributed by atoms with Crippen molar-refractivity contribution in [3.63, 3.8) is 0 Å². The molecule has 2 aliphatic heterocycles. The van der Waals surface area contributed by atoms with Gasteiger partial charge >= 0.3 is 0 Å². The number of nitrogens with one attached hydrogen (secondary N) is 1. The zero-order valence-corrected chi connectivity index (χ0v) is 19.6. The second kappa shape index (κ2) is 10.3. The number of fused-ring (bicyclic) bond motifs is 1. The van der Waals surface area contributed by atoms with Crippen LogP contribution < -0.4 is 10.7 Å². The fraction of sp³-hybridized carbons (Fsp3) is 0.400. The Bertz CT molecular complexity index is 1130. The number of carbonyl (C=O) groups is 2. The van der Waals surface area contributed by atoms with E-state index in [0.717, 1.165) is 32.2 Å². The quantitative estimate of drug-likeness (QED) is 0.547. The molecule has 0 saturated carbocycles. The second-order valence-electron chi connectivity index (χ2n) is 8.52. The molecule has 8 heteroatoms. The van der Waals surface area contributed by atoms with E-state index in [0.29, 0.717) is 24.1 Å². The Morgan fingerprint density at radius 2 is 1.91 bits per heavy atom. The number of hydrogen-bond acceptors (Lipinski definition) is 6. The lowest BCUT2D eigenvalue weighted by atomic mass is 9.77. The molecule has 1 aromatic heterocycles. The summed E-state index contributed by atoms with van der Waals surface area (Å²) in [5.41, 5.74) is 0.110. The Morgan fingerprint density at radius 3 is 2.70 bits per heavy atom. The molecule has 174 valence electrons. The minimum absolute atomic E-state index is 0.0478. The molecule has 3 heterocycles. The first-order valence-electron chi connectivity index (χ1n) is 11.2. The predicted octanol–water partition coefficient (Wildman–Crippen LogP) is 3.58. The monoisotopic (exact) mass is 467 g/mol. The van der Waals surface area contributed by atoms with E-state index in [4.69, 9.17) is 4.42 Å². The van der Waals surface area contributed by atoms with E-state index in [1.54, 1.807) is 36.2 Å². The molecule has 1 spiro atoms. The normalized spacial score (nSPS) is 20.0. The predicted molar refractivity (Wildman–Crippen MR) is 131 cm³/mol. The molecule has 33 heavy (non-hydrogen) atoms. The summed E-state index contributed by atoms with van der Waals surface area (Å²) in [6, 6.07) is 7.94. The van der Waals surface area contributed by atoms with Crippen LogP contribution in [-0.4, -0.2) is 53.5 Å². The van der Waals surface area contributed by atoms with Crippen molar-refractivity contribution in [2.75, 3.05) is 32.4 Å². The van der Waals surface area contributed by atoms with Gasteiger partial charge in [0.1, 0.15) is 5.58 Å². The van der Waals surface area contributed by atoms with Gasteiger partial charge in [0.2, 0.25) is 5.91 Å². The van der Waals surface area contributed by atoms with Gasteiger partial charge < -0.3 is 18.9 Å². The maximum Gasteiger partial charge on any atom is 0.287 e. The van der Waals surface area contributed by atoms with Gasteiger partial charge in [0.05, 0.1) is 11.9 Å². The molecular weight excluding hydrogens is 438 g/mol. The van der Waals surface area contributed by atoms with Crippen LogP contribution in [0.5, 0.6) is 0 Å². The molecule has 1 aromatic carbocycles. The van der Waals surface area contributed by atoms with Crippen LogP contribution in [0.1, 0.15) is 36.2 Å². The van der Waals surface area contributed by atoms with Gasteiger partial charge in [0.25, 0.3) is 5.91 Å². The molecule has 1 fully saturated rings. The zero-order chi connectivity index (χ0) is 23.3. The van der Waals surface area contributed by atoms with Crippen LogP contribution >= 0.6 is 11.9 Å². The molecule has 0 atom stereocenters. The van der Waals surface area contributed by atoms with E-state index >= 15 is 0 Å². The molecule has 7 nitrogen and oxygen atoms in total. The molecule has 2 aliphatic rings. The van der Waals surface area contributed by atoms with Gasteiger partial charge in [-0.3, -0.25) is 14.4 Å². The second-order valence-corrected chi connectivity index (χ2v) is 9.35. The van der Waals surface area contributed by atoms with E-state index in [2.05, 4.69) is 40.3 Å². The van der Waals surface area contributed by atoms with Crippen molar-refractivity contribution in [1.82, 2.24) is 14.5 Å². The summed E-state index contributed by atoms with van der Waals surface area (Å²) in [6.45, 7) is 2.09. The highest BCUT2D eigenvalue weighted by atomic mass is 32.2. The van der Waals surface area contributed by atoms with Crippen molar-refractivity contribution in [2.24, 2.45) is 5.41 Å². The van der Waals surface area contributed by atoms with Crippen LogP contribution in [0, 0.1) is 5.41 Å². The van der Waals surface area contributed by atoms with E-state index in [1.807, 2.05) is 4.90 Å². The van der Waals surface area contributed by atoms with E-state index in [-0.39, 0.29) is 29.1 Å². The zero-order valence-electron chi connectivity index (χ0n) is 18.8. The molecule has 2 amide bonds. The standard InChI is InChI=1S/C25H29N3O4S/c1-33-28-13-7-3-2-6-10-25(18-28)11-14-27(15-12-25)23(30)17-26-24(31)22-16-20(29)19-8-4-5-9-21(19)32-22/h4-10,13,16H,2-3,11-12,14-15,17-18H2,1H3,(H,26,31)/b10-6+,13-7+. The summed E-state index contributed by atoms with van der Waals surface area (Å²) in [5, 5.41) is 3.02. The first-order valence-corrected chi connectivity index (χ1v) is 12.4. The first-order chi connectivity index (χ1) is 16.0. The average Bonchev–Trinajstić information content (AvgIpc) is 2.93. The summed E-state index contributed by atoms with van der Waals surface area (Å²) >= 11 is 1.72. The van der Waals surface area contributed by atoms with E-state index in [9.17, 15) is 14.4 Å². The number of likely N-dealkylation sites (tertiary alicyclic amines) is 1. The molecular formula is C25H29N3O4S. The fourth-order valence-electron chi connectivity index (χ4n) is 4.36. The molecule has 4 rings (SSSR count). The minimum atomic E-state index is -0.568. The molecule has 0 bridgehead atoms. The van der Waals surface area contributed by atoms with Crippen molar-refractivity contribution in [3.05, 3.63) is 70.7 Å². The van der Waals surface area contributed by atoms with Gasteiger partial charge in [-0.1, -0.05) is 42.3 Å². The molecule has 0 radical (unpaired) electrons. The van der Waals surface area contributed by atoms with Crippen LogP contribution in [0.4, 0.5) is 0 Å². The Balaban J connectivity index is 1.34. The number of carbonyl (C=O) groups excluding carboxylic acids is 2. The third-order valence-corrected chi connectivity index (χ3v) is 7.04. The largest absolute Gasteiger partial charge is 0.451 e. The van der Waals surface area contributed by atoms with Crippen LogP contribution in [0.2, 0.25) is 0 Å². The Labute approximate surface area is 197 Å². The lowest BCUT2D eigenvalue weighted by Crippen LogP contribution is -2.48. The SMILES string of the molecule is CSN1/C=C/CC/C=C/C2(CCN(C(=O)CNC(=O)c3cc(=O)c4ccccc4o3)CC2)C1. The van der Waals surface area contributed by atoms with Crippen molar-refractivity contribution in [1.29, 1.82) is 0 Å². The number of hydrogen-bond donors (Lipinski definition) is 1. The maximum atomic E-state index is 12.8. The third-order valence-electron chi connectivity index (χ3n) is 6.32. The van der Waals surface area contributed by atoms with E-state index in [1.165, 1.54) is 6.07 Å². The fourth-order valence-corrected chi connectivity index (χ4v) is 4.95. The maximum absolute atomic E-state index is 12.8. The van der Waals surface area contributed by atoms with Gasteiger partial charge in [-0.2, -0.15) is 0 Å². The molecule has 1 saturated heterocycles. The molecule has 0 aliphatic carbocycles. The first kappa shape index (κ1) is 23.2. The number of allylic oxidation sites excluding steroid dienone is 2. The summed E-state index contributed by atoms with van der Waals surface area (Å²) in [4.78, 5) is 39.3. The smallest absolute Gasteiger partial charge is 0.287 e. The molecule has 1 N–H and O–H groups in total. The highest BCUT2D eigenvalue weighted by Gasteiger charge is 2.35. The van der Waals surface area contributed by atoms with Crippen LogP contribution in [0.25, 0.3) is 11.0 Å². The van der Waals surface area contributed by atoms with Gasteiger partial charge in [-0.25, -0.2) is 0 Å². The lowest BCUT2D eigenvalue weighted by molar-refractivity contribution is -0.132. The third kappa shape index (κ3) is 5.50. The topological polar surface area (TPSA) is 82.9 Å². The number of nitrogens with zero attached hydrogens (tertiary/aromatic N) is 2. The number of rotatable bonds is 4. The van der Waals surface area contributed by atoms with Crippen LogP contribution in [-0.2, 0) is 4.79 Å². The van der Waals surface area contributed by atoms with Crippen molar-refractivity contribution in [3.8, 4) is 0 Å². The Morgan fingerprint density at radius 1 is 1.15 bits per heavy atom. The van der Waals surface area contributed by atoms with Crippen LogP contribution in [0.3, 0.4) is 0 Å². The van der Waals surface area contributed by atoms with Gasteiger partial charge in [0, 0.05) is 43.6 Å². The number of piperidine rings is 1. The number of amides is 2. The van der Waals surface area contributed by atoms with Crippen LogP contribution in [0.15, 0.2) is 64.0 Å². The summed E-state index contributed by atoms with van der Waals surface area (Å²) in [7, 11) is 0.